The molecule has 0 saturated carbocycles. The van der Waals surface area contributed by atoms with E-state index in [0.29, 0.717) is 11.2 Å². The van der Waals surface area contributed by atoms with E-state index >= 15 is 0 Å². The molecule has 2 aromatic carbocycles. The van der Waals surface area contributed by atoms with E-state index in [2.05, 4.69) is 86.3 Å². The second kappa shape index (κ2) is 9.02. The summed E-state index contributed by atoms with van der Waals surface area (Å²) in [4.78, 5) is 3.87. The number of hydrogen-bond donors (Lipinski definition) is 0. The van der Waals surface area contributed by atoms with Crippen molar-refractivity contribution < 1.29 is 0 Å². The van der Waals surface area contributed by atoms with Crippen molar-refractivity contribution in [2.24, 2.45) is 5.92 Å². The molecular weight excluding hydrogens is 286 g/mol. The average molecular weight is 314 g/mol. The maximum atomic E-state index is 2.52. The molecule has 0 aliphatic rings. The minimum absolute atomic E-state index is 0.490. The van der Waals surface area contributed by atoms with Crippen molar-refractivity contribution in [1.82, 2.24) is 4.90 Å². The largest absolute Gasteiger partial charge is 0.304 e. The van der Waals surface area contributed by atoms with E-state index in [0.717, 1.165) is 19.6 Å². The zero-order chi connectivity index (χ0) is 15.8. The molecule has 0 saturated heterocycles. The summed E-state index contributed by atoms with van der Waals surface area (Å²) in [5.74, 6) is 0.604. The maximum absolute atomic E-state index is 2.52. The molecule has 2 atom stereocenters. The van der Waals surface area contributed by atoms with E-state index < -0.39 is 0 Å². The fourth-order valence-corrected chi connectivity index (χ4v) is 4.01. The van der Waals surface area contributed by atoms with Gasteiger partial charge in [0, 0.05) is 16.7 Å². The van der Waals surface area contributed by atoms with Gasteiger partial charge in [0.2, 0.25) is 0 Å². The lowest BCUT2D eigenvalue weighted by Crippen LogP contribution is -2.30. The van der Waals surface area contributed by atoms with E-state index in [1.165, 1.54) is 10.5 Å². The van der Waals surface area contributed by atoms with Crippen molar-refractivity contribution in [1.29, 1.82) is 0 Å². The Bertz CT molecular complexity index is 522. The molecule has 118 valence electrons. The highest BCUT2D eigenvalue weighted by molar-refractivity contribution is 7.99. The summed E-state index contributed by atoms with van der Waals surface area (Å²) in [7, 11) is 0. The summed E-state index contributed by atoms with van der Waals surface area (Å²) in [6.07, 6.45) is 0. The van der Waals surface area contributed by atoms with E-state index in [1.807, 2.05) is 11.8 Å². The Kier molecular flexibility index (Phi) is 7.01. The SMILES string of the molecule is CCN(CC)CC(C)C(Sc1ccccc1)c1ccccc1. The van der Waals surface area contributed by atoms with Crippen LogP contribution in [0.15, 0.2) is 65.6 Å². The molecular formula is C20H27NS. The highest BCUT2D eigenvalue weighted by atomic mass is 32.2. The normalized spacial score (nSPS) is 14.0. The van der Waals surface area contributed by atoms with Crippen molar-refractivity contribution in [2.75, 3.05) is 19.6 Å². The second-order valence-electron chi connectivity index (χ2n) is 5.73. The van der Waals surface area contributed by atoms with Crippen LogP contribution < -0.4 is 0 Å². The van der Waals surface area contributed by atoms with Gasteiger partial charge in [-0.25, -0.2) is 0 Å². The molecule has 0 radical (unpaired) electrons. The molecule has 2 rings (SSSR count). The summed E-state index contributed by atoms with van der Waals surface area (Å²) in [6.45, 7) is 10.3. The van der Waals surface area contributed by atoms with E-state index in [9.17, 15) is 0 Å². The fraction of sp³-hybridized carbons (Fsp3) is 0.400. The minimum atomic E-state index is 0.490. The first-order valence-corrected chi connectivity index (χ1v) is 9.11. The Balaban J connectivity index is 2.18. The zero-order valence-electron chi connectivity index (χ0n) is 13.9. The lowest BCUT2D eigenvalue weighted by molar-refractivity contribution is 0.258. The quantitative estimate of drug-likeness (QED) is 0.592. The standard InChI is InChI=1S/C20H27NS/c1-4-21(5-2)16-17(3)20(18-12-8-6-9-13-18)22-19-14-10-7-11-15-19/h6-15,17,20H,4-5,16H2,1-3H3. The zero-order valence-corrected chi connectivity index (χ0v) is 14.7. The Morgan fingerprint density at radius 1 is 0.864 bits per heavy atom. The van der Waals surface area contributed by atoms with Crippen LogP contribution in [-0.2, 0) is 0 Å². The van der Waals surface area contributed by atoms with Crippen LogP contribution in [0, 0.1) is 5.92 Å². The first-order chi connectivity index (χ1) is 10.7. The summed E-state index contributed by atoms with van der Waals surface area (Å²) >= 11 is 1.99. The number of rotatable bonds is 8. The average Bonchev–Trinajstić information content (AvgIpc) is 2.59. The third kappa shape index (κ3) is 4.89. The second-order valence-corrected chi connectivity index (χ2v) is 6.94. The first kappa shape index (κ1) is 17.1. The predicted molar refractivity (Wildman–Crippen MR) is 98.4 cm³/mol. The van der Waals surface area contributed by atoms with Gasteiger partial charge in [-0.1, -0.05) is 69.3 Å². The van der Waals surface area contributed by atoms with Gasteiger partial charge in [0.15, 0.2) is 0 Å². The van der Waals surface area contributed by atoms with Crippen LogP contribution in [0.25, 0.3) is 0 Å². The molecule has 0 aromatic heterocycles. The summed E-state index contributed by atoms with van der Waals surface area (Å²) in [5, 5.41) is 0.490. The molecule has 22 heavy (non-hydrogen) atoms. The molecule has 1 nitrogen and oxygen atoms in total. The number of nitrogens with zero attached hydrogens (tertiary/aromatic N) is 1. The van der Waals surface area contributed by atoms with E-state index in [4.69, 9.17) is 0 Å². The molecule has 0 fully saturated rings. The van der Waals surface area contributed by atoms with Crippen molar-refractivity contribution in [3.63, 3.8) is 0 Å². The molecule has 0 aliphatic carbocycles. The third-order valence-corrected chi connectivity index (χ3v) is 5.63. The van der Waals surface area contributed by atoms with Crippen LogP contribution in [-0.4, -0.2) is 24.5 Å². The molecule has 0 heterocycles. The lowest BCUT2D eigenvalue weighted by Gasteiger charge is -2.29. The lowest BCUT2D eigenvalue weighted by atomic mass is 10.00. The van der Waals surface area contributed by atoms with Gasteiger partial charge in [-0.15, -0.1) is 11.8 Å². The number of benzene rings is 2. The Hall–Kier alpha value is -1.25. The molecule has 2 unspecified atom stereocenters. The van der Waals surface area contributed by atoms with Crippen molar-refractivity contribution >= 4 is 11.8 Å². The Morgan fingerprint density at radius 3 is 1.95 bits per heavy atom. The highest BCUT2D eigenvalue weighted by Crippen LogP contribution is 2.40. The first-order valence-electron chi connectivity index (χ1n) is 8.23. The summed E-state index contributed by atoms with van der Waals surface area (Å²) < 4.78 is 0. The Morgan fingerprint density at radius 2 is 1.41 bits per heavy atom. The van der Waals surface area contributed by atoms with Crippen LogP contribution in [0.3, 0.4) is 0 Å². The van der Waals surface area contributed by atoms with Crippen LogP contribution in [0.1, 0.15) is 31.6 Å². The van der Waals surface area contributed by atoms with Crippen LogP contribution in [0.4, 0.5) is 0 Å². The fourth-order valence-electron chi connectivity index (χ4n) is 2.79. The molecule has 0 spiro atoms. The monoisotopic (exact) mass is 313 g/mol. The highest BCUT2D eigenvalue weighted by Gasteiger charge is 2.22. The van der Waals surface area contributed by atoms with Gasteiger partial charge < -0.3 is 4.90 Å². The predicted octanol–water partition coefficient (Wildman–Crippen LogP) is 5.50. The molecule has 2 aromatic rings. The third-order valence-electron chi connectivity index (χ3n) is 4.09. The van der Waals surface area contributed by atoms with E-state index in [-0.39, 0.29) is 0 Å². The van der Waals surface area contributed by atoms with E-state index in [1.54, 1.807) is 0 Å². The van der Waals surface area contributed by atoms with Crippen LogP contribution >= 0.6 is 11.8 Å². The smallest absolute Gasteiger partial charge is 0.0382 e. The summed E-state index contributed by atoms with van der Waals surface area (Å²) in [6, 6.07) is 21.7. The molecule has 0 aliphatic heterocycles. The molecule has 0 amide bonds. The van der Waals surface area contributed by atoms with Gasteiger partial charge in [-0.05, 0) is 36.7 Å². The topological polar surface area (TPSA) is 3.24 Å². The summed E-state index contributed by atoms with van der Waals surface area (Å²) in [5.41, 5.74) is 1.43. The maximum Gasteiger partial charge on any atom is 0.0382 e. The van der Waals surface area contributed by atoms with Crippen LogP contribution in [0.5, 0.6) is 0 Å². The van der Waals surface area contributed by atoms with Crippen molar-refractivity contribution in [3.8, 4) is 0 Å². The van der Waals surface area contributed by atoms with Gasteiger partial charge in [0.05, 0.1) is 0 Å². The van der Waals surface area contributed by atoms with Crippen LogP contribution in [0.2, 0.25) is 0 Å². The Labute approximate surface area is 139 Å². The van der Waals surface area contributed by atoms with Gasteiger partial charge >= 0.3 is 0 Å². The molecule has 2 heteroatoms. The van der Waals surface area contributed by atoms with Gasteiger partial charge in [0.25, 0.3) is 0 Å². The number of hydrogen-bond acceptors (Lipinski definition) is 2. The molecule has 0 bridgehead atoms. The van der Waals surface area contributed by atoms with Crippen molar-refractivity contribution in [3.05, 3.63) is 66.2 Å². The van der Waals surface area contributed by atoms with Gasteiger partial charge in [0.1, 0.15) is 0 Å². The van der Waals surface area contributed by atoms with Gasteiger partial charge in [-0.3, -0.25) is 0 Å². The van der Waals surface area contributed by atoms with Crippen molar-refractivity contribution in [2.45, 2.75) is 30.9 Å². The van der Waals surface area contributed by atoms with Gasteiger partial charge in [-0.2, -0.15) is 0 Å². The number of thioether (sulfide) groups is 1. The minimum Gasteiger partial charge on any atom is -0.304 e. The molecule has 0 N–H and O–H groups in total.